The minimum atomic E-state index is -2.99. The zero-order chi connectivity index (χ0) is 19.6. The molecule has 1 rings (SSSR count). The Kier molecular flexibility index (Phi) is 12.2. The van der Waals surface area contributed by atoms with E-state index in [-0.39, 0.29) is 53.9 Å². The lowest BCUT2D eigenvalue weighted by Crippen LogP contribution is -2.45. The van der Waals surface area contributed by atoms with Crippen LogP contribution in [0.5, 0.6) is 0 Å². The largest absolute Gasteiger partial charge is 0.355 e. The SMILES string of the molecule is CN=C(NCCNC(=O)Cc1ccc(F)cc1)NC(C)CCS(C)(=O)=O.I. The lowest BCUT2D eigenvalue weighted by atomic mass is 10.1. The lowest BCUT2D eigenvalue weighted by molar-refractivity contribution is -0.120. The average Bonchev–Trinajstić information content (AvgIpc) is 2.57. The Balaban J connectivity index is 0.00000676. The smallest absolute Gasteiger partial charge is 0.224 e. The zero-order valence-corrected chi connectivity index (χ0v) is 18.9. The van der Waals surface area contributed by atoms with Gasteiger partial charge in [0.05, 0.1) is 12.2 Å². The predicted octanol–water partition coefficient (Wildman–Crippen LogP) is 1.09. The number of rotatable bonds is 9. The highest BCUT2D eigenvalue weighted by Gasteiger charge is 2.09. The number of benzene rings is 1. The van der Waals surface area contributed by atoms with Crippen LogP contribution >= 0.6 is 24.0 Å². The van der Waals surface area contributed by atoms with Gasteiger partial charge in [-0.25, -0.2) is 12.8 Å². The maximum Gasteiger partial charge on any atom is 0.224 e. The Morgan fingerprint density at radius 2 is 1.78 bits per heavy atom. The highest BCUT2D eigenvalue weighted by molar-refractivity contribution is 14.0. The highest BCUT2D eigenvalue weighted by atomic mass is 127. The molecule has 0 spiro atoms. The maximum absolute atomic E-state index is 12.8. The van der Waals surface area contributed by atoms with E-state index in [2.05, 4.69) is 20.9 Å². The van der Waals surface area contributed by atoms with Crippen molar-refractivity contribution in [3.05, 3.63) is 35.6 Å². The zero-order valence-electron chi connectivity index (χ0n) is 15.8. The third-order valence-electron chi connectivity index (χ3n) is 3.55. The first-order valence-corrected chi connectivity index (χ1v) is 10.4. The van der Waals surface area contributed by atoms with Crippen molar-refractivity contribution in [2.75, 3.05) is 32.1 Å². The van der Waals surface area contributed by atoms with Crippen molar-refractivity contribution >= 4 is 45.7 Å². The molecule has 154 valence electrons. The van der Waals surface area contributed by atoms with Crippen LogP contribution in [0.15, 0.2) is 29.3 Å². The predicted molar refractivity (Wildman–Crippen MR) is 117 cm³/mol. The van der Waals surface area contributed by atoms with Crippen molar-refractivity contribution in [1.82, 2.24) is 16.0 Å². The van der Waals surface area contributed by atoms with Gasteiger partial charge in [-0.3, -0.25) is 9.79 Å². The molecule has 0 heterocycles. The van der Waals surface area contributed by atoms with Crippen LogP contribution in [-0.2, 0) is 21.1 Å². The first kappa shape index (κ1) is 25.6. The Labute approximate surface area is 177 Å². The normalized spacial score (nSPS) is 12.7. The first-order valence-electron chi connectivity index (χ1n) is 8.35. The summed E-state index contributed by atoms with van der Waals surface area (Å²) in [7, 11) is -1.37. The van der Waals surface area contributed by atoms with Gasteiger partial charge in [0.15, 0.2) is 5.96 Å². The number of hydrogen-bond acceptors (Lipinski definition) is 4. The summed E-state index contributed by atoms with van der Waals surface area (Å²) in [6.45, 7) is 2.74. The number of nitrogens with zero attached hydrogens (tertiary/aromatic N) is 1. The van der Waals surface area contributed by atoms with Gasteiger partial charge in [-0.15, -0.1) is 24.0 Å². The molecule has 0 saturated heterocycles. The van der Waals surface area contributed by atoms with E-state index in [1.807, 2.05) is 6.92 Å². The van der Waals surface area contributed by atoms with Gasteiger partial charge in [0.25, 0.3) is 0 Å². The molecule has 1 aromatic carbocycles. The van der Waals surface area contributed by atoms with Crippen molar-refractivity contribution in [2.45, 2.75) is 25.8 Å². The van der Waals surface area contributed by atoms with E-state index in [9.17, 15) is 17.6 Å². The van der Waals surface area contributed by atoms with Crippen LogP contribution in [0.2, 0.25) is 0 Å². The van der Waals surface area contributed by atoms with Crippen molar-refractivity contribution < 1.29 is 17.6 Å². The number of guanidine groups is 1. The van der Waals surface area contributed by atoms with Crippen LogP contribution in [0, 0.1) is 5.82 Å². The number of amides is 1. The molecule has 0 aliphatic rings. The number of aliphatic imine (C=N–C) groups is 1. The van der Waals surface area contributed by atoms with Gasteiger partial charge in [-0.2, -0.15) is 0 Å². The summed E-state index contributed by atoms with van der Waals surface area (Å²) in [4.78, 5) is 15.9. The molecular formula is C17H28FIN4O3S. The standard InChI is InChI=1S/C17H27FN4O3S.HI/c1-13(8-11-26(3,24)25)22-17(19-2)21-10-9-20-16(23)12-14-4-6-15(18)7-5-14;/h4-7,13H,8-12H2,1-3H3,(H,20,23)(H2,19,21,22);1H. The molecule has 27 heavy (non-hydrogen) atoms. The molecule has 1 atom stereocenters. The van der Waals surface area contributed by atoms with Crippen LogP contribution in [0.25, 0.3) is 0 Å². The summed E-state index contributed by atoms with van der Waals surface area (Å²) >= 11 is 0. The molecule has 0 radical (unpaired) electrons. The Morgan fingerprint density at radius 1 is 1.19 bits per heavy atom. The van der Waals surface area contributed by atoms with Crippen molar-refractivity contribution in [3.8, 4) is 0 Å². The lowest BCUT2D eigenvalue weighted by Gasteiger charge is -2.17. The summed E-state index contributed by atoms with van der Waals surface area (Å²) < 4.78 is 35.2. The first-order chi connectivity index (χ1) is 12.2. The van der Waals surface area contributed by atoms with Gasteiger partial charge in [0, 0.05) is 32.4 Å². The number of carbonyl (C=O) groups is 1. The average molecular weight is 514 g/mol. The fourth-order valence-electron chi connectivity index (χ4n) is 2.12. The Bertz CT molecular complexity index is 711. The Hall–Kier alpha value is -1.43. The van der Waals surface area contributed by atoms with Crippen molar-refractivity contribution in [1.29, 1.82) is 0 Å². The van der Waals surface area contributed by atoms with Crippen LogP contribution in [0.4, 0.5) is 4.39 Å². The molecule has 0 aromatic heterocycles. The number of halogens is 2. The molecular weight excluding hydrogens is 486 g/mol. The minimum absolute atomic E-state index is 0. The van der Waals surface area contributed by atoms with Crippen molar-refractivity contribution in [3.63, 3.8) is 0 Å². The summed E-state index contributed by atoms with van der Waals surface area (Å²) in [6, 6.07) is 5.76. The van der Waals surface area contributed by atoms with E-state index < -0.39 is 9.84 Å². The molecule has 3 N–H and O–H groups in total. The second-order valence-electron chi connectivity index (χ2n) is 6.12. The van der Waals surface area contributed by atoms with Gasteiger partial charge in [0.2, 0.25) is 5.91 Å². The van der Waals surface area contributed by atoms with E-state index in [0.717, 1.165) is 5.56 Å². The fraction of sp³-hybridized carbons (Fsp3) is 0.529. The van der Waals surface area contributed by atoms with Crippen molar-refractivity contribution in [2.24, 2.45) is 4.99 Å². The van der Waals surface area contributed by atoms with E-state index in [1.54, 1.807) is 19.2 Å². The fourth-order valence-corrected chi connectivity index (χ4v) is 2.91. The number of carbonyl (C=O) groups excluding carboxylic acids is 1. The molecule has 1 unspecified atom stereocenters. The molecule has 10 heteroatoms. The van der Waals surface area contributed by atoms with E-state index >= 15 is 0 Å². The number of nitrogens with one attached hydrogen (secondary N) is 3. The number of hydrogen-bond donors (Lipinski definition) is 3. The highest BCUT2D eigenvalue weighted by Crippen LogP contribution is 2.03. The van der Waals surface area contributed by atoms with Crippen LogP contribution in [-0.4, -0.2) is 58.5 Å². The van der Waals surface area contributed by atoms with Gasteiger partial charge >= 0.3 is 0 Å². The second kappa shape index (κ2) is 12.9. The van der Waals surface area contributed by atoms with Crippen LogP contribution < -0.4 is 16.0 Å². The third-order valence-corrected chi connectivity index (χ3v) is 4.52. The topological polar surface area (TPSA) is 99.7 Å². The summed E-state index contributed by atoms with van der Waals surface area (Å²) in [6.07, 6.45) is 1.88. The Morgan fingerprint density at radius 3 is 2.33 bits per heavy atom. The van der Waals surface area contributed by atoms with Gasteiger partial charge < -0.3 is 16.0 Å². The molecule has 0 bridgehead atoms. The van der Waals surface area contributed by atoms with Gasteiger partial charge in [-0.1, -0.05) is 12.1 Å². The molecule has 7 nitrogen and oxygen atoms in total. The van der Waals surface area contributed by atoms with E-state index in [4.69, 9.17) is 0 Å². The maximum atomic E-state index is 12.8. The minimum Gasteiger partial charge on any atom is -0.355 e. The quantitative estimate of drug-likeness (QED) is 0.198. The summed E-state index contributed by atoms with van der Waals surface area (Å²) in [5, 5.41) is 8.91. The van der Waals surface area contributed by atoms with E-state index in [1.165, 1.54) is 18.4 Å². The molecule has 0 saturated carbocycles. The molecule has 1 aromatic rings. The summed E-state index contributed by atoms with van der Waals surface area (Å²) in [5.41, 5.74) is 0.744. The van der Waals surface area contributed by atoms with Crippen LogP contribution in [0.1, 0.15) is 18.9 Å². The van der Waals surface area contributed by atoms with Gasteiger partial charge in [0.1, 0.15) is 15.7 Å². The van der Waals surface area contributed by atoms with Crippen LogP contribution in [0.3, 0.4) is 0 Å². The monoisotopic (exact) mass is 514 g/mol. The molecule has 0 aliphatic carbocycles. The van der Waals surface area contributed by atoms with E-state index in [0.29, 0.717) is 25.5 Å². The summed E-state index contributed by atoms with van der Waals surface area (Å²) in [5.74, 6) is 0.169. The third kappa shape index (κ3) is 12.6. The molecule has 1 amide bonds. The van der Waals surface area contributed by atoms with Gasteiger partial charge in [-0.05, 0) is 31.0 Å². The molecule has 0 aliphatic heterocycles. The second-order valence-corrected chi connectivity index (χ2v) is 8.38. The molecule has 0 fully saturated rings. The number of sulfone groups is 1.